The van der Waals surface area contributed by atoms with Crippen molar-refractivity contribution in [1.29, 1.82) is 0 Å². The maximum atomic E-state index is 14.9. The summed E-state index contributed by atoms with van der Waals surface area (Å²) in [4.78, 5) is 13.0. The van der Waals surface area contributed by atoms with Gasteiger partial charge in [0, 0.05) is 25.4 Å². The maximum Gasteiger partial charge on any atom is 0.407 e. The highest BCUT2D eigenvalue weighted by molar-refractivity contribution is 7.89. The molecule has 2 aliphatic rings. The summed E-state index contributed by atoms with van der Waals surface area (Å²) in [6.45, 7) is 2.48. The summed E-state index contributed by atoms with van der Waals surface area (Å²) in [5.74, 6) is 0.385. The molecule has 2 N–H and O–H groups in total. The molecule has 0 spiro atoms. The number of hydrogen-bond acceptors (Lipinski definition) is 8. The number of fused-ring (bicyclic) bond motifs is 1. The number of sulfonamides is 1. The van der Waals surface area contributed by atoms with Gasteiger partial charge in [-0.15, -0.1) is 0 Å². The van der Waals surface area contributed by atoms with Crippen LogP contribution >= 0.6 is 0 Å². The molecule has 10 nitrogen and oxygen atoms in total. The zero-order chi connectivity index (χ0) is 29.6. The molecule has 2 saturated heterocycles. The first-order chi connectivity index (χ1) is 19.5. The molecule has 12 heteroatoms. The molecule has 226 valence electrons. The Bertz CT molecular complexity index is 1240. The van der Waals surface area contributed by atoms with Gasteiger partial charge in [-0.3, -0.25) is 0 Å². The molecule has 0 aromatic heterocycles. The minimum Gasteiger partial charge on any atom is -0.497 e. The van der Waals surface area contributed by atoms with Crippen LogP contribution in [0.1, 0.15) is 32.3 Å². The number of amides is 1. The fourth-order valence-corrected chi connectivity index (χ4v) is 6.75. The summed E-state index contributed by atoms with van der Waals surface area (Å²) in [5, 5.41) is 14.1. The lowest BCUT2D eigenvalue weighted by molar-refractivity contribution is -0.179. The summed E-state index contributed by atoms with van der Waals surface area (Å²) >= 11 is 0. The lowest BCUT2D eigenvalue weighted by Crippen LogP contribution is -2.53. The Labute approximate surface area is 240 Å². The Morgan fingerprint density at radius 3 is 2.41 bits per heavy atom. The predicted octanol–water partition coefficient (Wildman–Crippen LogP) is 3.28. The van der Waals surface area contributed by atoms with Crippen LogP contribution in [0.25, 0.3) is 0 Å². The van der Waals surface area contributed by atoms with E-state index < -0.39 is 59.4 Å². The number of nitrogens with zero attached hydrogens (tertiary/aromatic N) is 1. The van der Waals surface area contributed by atoms with Gasteiger partial charge in [-0.1, -0.05) is 30.3 Å². The van der Waals surface area contributed by atoms with Gasteiger partial charge in [0.1, 0.15) is 17.5 Å². The van der Waals surface area contributed by atoms with E-state index >= 15 is 0 Å². The summed E-state index contributed by atoms with van der Waals surface area (Å²) < 4.78 is 65.0. The monoisotopic (exact) mass is 594 g/mol. The first-order valence-corrected chi connectivity index (χ1v) is 15.2. The molecular formula is C29H39FN2O8S. The molecule has 2 aromatic rings. The summed E-state index contributed by atoms with van der Waals surface area (Å²) in [6, 6.07) is 13.9. The number of aliphatic hydroxyl groups is 1. The number of carbonyl (C=O) groups excluding carboxylic acids is 1. The Morgan fingerprint density at radius 2 is 1.78 bits per heavy atom. The molecule has 0 radical (unpaired) electrons. The van der Waals surface area contributed by atoms with Gasteiger partial charge in [0.05, 0.1) is 37.4 Å². The zero-order valence-electron chi connectivity index (χ0n) is 23.6. The van der Waals surface area contributed by atoms with Gasteiger partial charge in [-0.25, -0.2) is 17.6 Å². The van der Waals surface area contributed by atoms with Crippen molar-refractivity contribution < 1.29 is 41.7 Å². The van der Waals surface area contributed by atoms with Gasteiger partial charge in [-0.05, 0) is 56.5 Å². The Balaban J connectivity index is 1.53. The van der Waals surface area contributed by atoms with Gasteiger partial charge in [-0.2, -0.15) is 4.31 Å². The first-order valence-electron chi connectivity index (χ1n) is 13.7. The largest absolute Gasteiger partial charge is 0.497 e. The van der Waals surface area contributed by atoms with E-state index in [0.717, 1.165) is 9.87 Å². The normalized spacial score (nSPS) is 22.5. The molecule has 0 unspecified atom stereocenters. The second-order valence-electron chi connectivity index (χ2n) is 11.0. The number of alkyl carbamates (subject to hydrolysis) is 1. The highest BCUT2D eigenvalue weighted by Gasteiger charge is 2.41. The quantitative estimate of drug-likeness (QED) is 0.384. The van der Waals surface area contributed by atoms with Crippen LogP contribution in [0.5, 0.6) is 5.75 Å². The number of rotatable bonds is 12. The van der Waals surface area contributed by atoms with Gasteiger partial charge in [0.15, 0.2) is 6.29 Å². The number of nitrogens with one attached hydrogen (secondary N) is 1. The zero-order valence-corrected chi connectivity index (χ0v) is 24.4. The average molecular weight is 595 g/mol. The van der Waals surface area contributed by atoms with Gasteiger partial charge in [0.25, 0.3) is 0 Å². The summed E-state index contributed by atoms with van der Waals surface area (Å²) in [6.07, 6.45) is -1.54. The molecule has 4 rings (SSSR count). The van der Waals surface area contributed by atoms with Crippen molar-refractivity contribution >= 4 is 16.1 Å². The molecule has 5 atom stereocenters. The summed E-state index contributed by atoms with van der Waals surface area (Å²) in [7, 11) is -2.75. The molecule has 0 aliphatic carbocycles. The molecule has 2 fully saturated rings. The molecule has 2 aromatic carbocycles. The third-order valence-electron chi connectivity index (χ3n) is 7.21. The van der Waals surface area contributed by atoms with Crippen LogP contribution in [-0.4, -0.2) is 87.5 Å². The lowest BCUT2D eigenvalue weighted by Gasteiger charge is -2.34. The number of ether oxygens (including phenoxy) is 4. The number of aliphatic hydroxyl groups excluding tert-OH is 1. The van der Waals surface area contributed by atoms with Crippen LogP contribution in [-0.2, 0) is 30.7 Å². The van der Waals surface area contributed by atoms with Crippen molar-refractivity contribution in [3.8, 4) is 5.75 Å². The molecule has 2 aliphatic heterocycles. The summed E-state index contributed by atoms with van der Waals surface area (Å²) in [5.41, 5.74) is -1.09. The van der Waals surface area contributed by atoms with E-state index in [2.05, 4.69) is 5.32 Å². The van der Waals surface area contributed by atoms with Crippen LogP contribution in [0.15, 0.2) is 59.5 Å². The van der Waals surface area contributed by atoms with Crippen molar-refractivity contribution in [2.75, 3.05) is 33.4 Å². The van der Waals surface area contributed by atoms with Crippen LogP contribution in [0.2, 0.25) is 0 Å². The number of hydrogen-bond donors (Lipinski definition) is 2. The number of halogens is 1. The Kier molecular flexibility index (Phi) is 10.2. The highest BCUT2D eigenvalue weighted by atomic mass is 32.2. The third kappa shape index (κ3) is 8.39. The van der Waals surface area contributed by atoms with Crippen LogP contribution in [0.3, 0.4) is 0 Å². The van der Waals surface area contributed by atoms with Gasteiger partial charge < -0.3 is 29.4 Å². The van der Waals surface area contributed by atoms with E-state index in [1.165, 1.54) is 45.2 Å². The predicted molar refractivity (Wildman–Crippen MR) is 149 cm³/mol. The highest BCUT2D eigenvalue weighted by Crippen LogP contribution is 2.32. The standard InChI is InChI=1S/C29H39FN2O8S/c1-29(2,30)19-32(41(35,36)22-11-9-21(37-3)10-12-22)18-25(33)24(17-20-7-5-4-6-8-20)31-28(34)40-26-14-16-39-27-23(26)13-15-38-27/h4-12,23-27,33H,13-19H2,1-3H3,(H,31,34)/t23-,24-,25+,26-,27+/m0/s1. The fraction of sp³-hybridized carbons (Fsp3) is 0.552. The smallest absolute Gasteiger partial charge is 0.407 e. The van der Waals surface area contributed by atoms with E-state index in [9.17, 15) is 22.7 Å². The number of alkyl halides is 1. The second kappa shape index (κ2) is 13.5. The lowest BCUT2D eigenvalue weighted by atomic mass is 9.95. The number of carbonyl (C=O) groups is 1. The molecule has 2 heterocycles. The van der Waals surface area contributed by atoms with Crippen LogP contribution < -0.4 is 10.1 Å². The van der Waals surface area contributed by atoms with Gasteiger partial charge >= 0.3 is 6.09 Å². The van der Waals surface area contributed by atoms with Crippen molar-refractivity contribution in [3.63, 3.8) is 0 Å². The minimum absolute atomic E-state index is 0.0745. The fourth-order valence-electron chi connectivity index (χ4n) is 5.15. The van der Waals surface area contributed by atoms with E-state index in [1.807, 2.05) is 30.3 Å². The minimum atomic E-state index is -4.22. The van der Waals surface area contributed by atoms with E-state index in [-0.39, 0.29) is 17.2 Å². The van der Waals surface area contributed by atoms with E-state index in [4.69, 9.17) is 18.9 Å². The maximum absolute atomic E-state index is 14.9. The SMILES string of the molecule is COc1ccc(S(=O)(=O)N(C[C@@H](O)[C@H](Cc2ccccc2)NC(=O)O[C@H]2CCO[C@H]3OCC[C@H]32)CC(C)(C)F)cc1. The number of methoxy groups -OCH3 is 1. The second-order valence-corrected chi connectivity index (χ2v) is 12.9. The van der Waals surface area contributed by atoms with E-state index in [1.54, 1.807) is 0 Å². The third-order valence-corrected chi connectivity index (χ3v) is 9.04. The van der Waals surface area contributed by atoms with E-state index in [0.29, 0.717) is 31.8 Å². The van der Waals surface area contributed by atoms with Crippen molar-refractivity contribution in [2.45, 2.75) is 68.2 Å². The van der Waals surface area contributed by atoms with Crippen molar-refractivity contribution in [3.05, 3.63) is 60.2 Å². The first kappa shape index (κ1) is 31.2. The van der Waals surface area contributed by atoms with Crippen molar-refractivity contribution in [1.82, 2.24) is 9.62 Å². The molecule has 41 heavy (non-hydrogen) atoms. The molecular weight excluding hydrogens is 555 g/mol. The van der Waals surface area contributed by atoms with Crippen LogP contribution in [0.4, 0.5) is 9.18 Å². The van der Waals surface area contributed by atoms with Crippen LogP contribution in [0, 0.1) is 5.92 Å². The number of benzene rings is 2. The molecule has 0 saturated carbocycles. The molecule has 1 amide bonds. The van der Waals surface area contributed by atoms with Crippen molar-refractivity contribution in [2.24, 2.45) is 5.92 Å². The van der Waals surface area contributed by atoms with Gasteiger partial charge in [0.2, 0.25) is 10.0 Å². The average Bonchev–Trinajstić information content (AvgIpc) is 3.42. The Morgan fingerprint density at radius 1 is 1.12 bits per heavy atom. The Hall–Kier alpha value is -2.77. The molecule has 0 bridgehead atoms. The topological polar surface area (TPSA) is 124 Å².